The first-order chi connectivity index (χ1) is 14.1. The molecule has 3 aromatic rings. The van der Waals surface area contributed by atoms with E-state index in [1.165, 1.54) is 11.3 Å². The van der Waals surface area contributed by atoms with E-state index < -0.39 is 0 Å². The van der Waals surface area contributed by atoms with E-state index in [1.807, 2.05) is 30.5 Å². The minimum atomic E-state index is 0.0999. The third-order valence-corrected chi connectivity index (χ3v) is 6.41. The maximum atomic E-state index is 13.4. The first kappa shape index (κ1) is 18.6. The second-order valence-electron chi connectivity index (χ2n) is 7.77. The van der Waals surface area contributed by atoms with Crippen LogP contribution in [0.2, 0.25) is 10.0 Å². The zero-order valence-corrected chi connectivity index (χ0v) is 17.2. The molecule has 7 heteroatoms. The van der Waals surface area contributed by atoms with Crippen LogP contribution in [-0.4, -0.2) is 38.1 Å². The molecule has 0 aliphatic heterocycles. The third-order valence-electron chi connectivity index (χ3n) is 5.83. The molecule has 1 atom stereocenters. The summed E-state index contributed by atoms with van der Waals surface area (Å²) in [4.78, 5) is 19.5. The van der Waals surface area contributed by atoms with Gasteiger partial charge in [-0.3, -0.25) is 14.9 Å². The van der Waals surface area contributed by atoms with Crippen LogP contribution >= 0.6 is 23.2 Å². The maximum absolute atomic E-state index is 13.4. The molecule has 0 bridgehead atoms. The summed E-state index contributed by atoms with van der Waals surface area (Å²) in [5.41, 5.74) is 4.75. The van der Waals surface area contributed by atoms with E-state index in [2.05, 4.69) is 20.1 Å². The van der Waals surface area contributed by atoms with Crippen molar-refractivity contribution in [3.8, 4) is 11.1 Å². The summed E-state index contributed by atoms with van der Waals surface area (Å²) >= 11 is 12.5. The highest BCUT2D eigenvalue weighted by molar-refractivity contribution is 6.38. The monoisotopic (exact) mass is 426 g/mol. The van der Waals surface area contributed by atoms with E-state index >= 15 is 0 Å². The van der Waals surface area contributed by atoms with Gasteiger partial charge in [0.25, 0.3) is 5.91 Å². The Labute approximate surface area is 179 Å². The summed E-state index contributed by atoms with van der Waals surface area (Å²) < 4.78 is 0. The van der Waals surface area contributed by atoms with Gasteiger partial charge in [0.05, 0.1) is 16.2 Å². The number of carbonyl (C=O) groups is 1. The van der Waals surface area contributed by atoms with Gasteiger partial charge >= 0.3 is 0 Å². The van der Waals surface area contributed by atoms with E-state index in [-0.39, 0.29) is 11.9 Å². The molecule has 5 rings (SSSR count). The van der Waals surface area contributed by atoms with E-state index in [0.29, 0.717) is 21.7 Å². The molecule has 1 N–H and O–H groups in total. The number of nitrogens with zero attached hydrogens (tertiary/aromatic N) is 3. The number of aryl methyl sites for hydroxylation is 1. The number of amides is 1. The van der Waals surface area contributed by atoms with E-state index in [4.69, 9.17) is 23.2 Å². The lowest BCUT2D eigenvalue weighted by Gasteiger charge is -2.34. The predicted octanol–water partition coefficient (Wildman–Crippen LogP) is 4.94. The number of fused-ring (bicyclic) bond motifs is 1. The number of H-pyrrole nitrogens is 1. The number of benzene rings is 1. The first-order valence-corrected chi connectivity index (χ1v) is 10.6. The van der Waals surface area contributed by atoms with Gasteiger partial charge in [-0.2, -0.15) is 5.10 Å². The molecule has 1 saturated carbocycles. The summed E-state index contributed by atoms with van der Waals surface area (Å²) in [6, 6.07) is 8.12. The van der Waals surface area contributed by atoms with Crippen molar-refractivity contribution in [1.29, 1.82) is 0 Å². The number of nitrogens with one attached hydrogen (secondary N) is 1. The van der Waals surface area contributed by atoms with Gasteiger partial charge in [-0.1, -0.05) is 35.3 Å². The fraction of sp³-hybridized carbons (Fsp3) is 0.318. The normalized spacial score (nSPS) is 18.3. The van der Waals surface area contributed by atoms with Crippen molar-refractivity contribution in [3.05, 3.63) is 69.7 Å². The standard InChI is InChI=1S/C22H20Cl2N4O/c23-18-11-25-12-19(24)21(18)13-1-3-14(4-2-13)22(29)28(16-5-6-16)17-7-8-20-15(9-17)10-26-27-20/h1-4,10-12,16-17H,5-9H2,(H,26,27). The van der Waals surface area contributed by atoms with Crippen LogP contribution < -0.4 is 0 Å². The Morgan fingerprint density at radius 3 is 2.41 bits per heavy atom. The Bertz CT molecular complexity index is 1040. The Balaban J connectivity index is 1.40. The number of hydrogen-bond acceptors (Lipinski definition) is 3. The molecule has 1 aromatic carbocycles. The fourth-order valence-corrected chi connectivity index (χ4v) is 4.82. The van der Waals surface area contributed by atoms with Crippen LogP contribution in [0.5, 0.6) is 0 Å². The van der Waals surface area contributed by atoms with Gasteiger partial charge in [0.1, 0.15) is 0 Å². The lowest BCUT2D eigenvalue weighted by Crippen LogP contribution is -2.44. The van der Waals surface area contributed by atoms with Crippen LogP contribution in [0.4, 0.5) is 0 Å². The van der Waals surface area contributed by atoms with E-state index in [9.17, 15) is 4.79 Å². The van der Waals surface area contributed by atoms with Gasteiger partial charge in [0.2, 0.25) is 0 Å². The largest absolute Gasteiger partial charge is 0.332 e. The molecule has 2 aliphatic rings. The molecule has 1 amide bonds. The molecule has 0 radical (unpaired) electrons. The van der Waals surface area contributed by atoms with Crippen LogP contribution in [0.1, 0.15) is 40.9 Å². The van der Waals surface area contributed by atoms with Gasteiger partial charge < -0.3 is 4.90 Å². The molecule has 2 heterocycles. The Hall–Kier alpha value is -2.37. The molecule has 148 valence electrons. The van der Waals surface area contributed by atoms with Gasteiger partial charge in [-0.25, -0.2) is 0 Å². The number of halogens is 2. The minimum Gasteiger partial charge on any atom is -0.332 e. The summed E-state index contributed by atoms with van der Waals surface area (Å²) in [5.74, 6) is 0.0999. The summed E-state index contributed by atoms with van der Waals surface area (Å²) in [7, 11) is 0. The zero-order valence-electron chi connectivity index (χ0n) is 15.7. The Morgan fingerprint density at radius 2 is 1.72 bits per heavy atom. The van der Waals surface area contributed by atoms with Crippen LogP contribution in [0.25, 0.3) is 11.1 Å². The molecule has 29 heavy (non-hydrogen) atoms. The summed E-state index contributed by atoms with van der Waals surface area (Å²) in [6.45, 7) is 0. The number of hydrogen-bond donors (Lipinski definition) is 1. The molecule has 2 aromatic heterocycles. The van der Waals surface area contributed by atoms with Crippen LogP contribution in [0, 0.1) is 0 Å². The number of aromatic amines is 1. The van der Waals surface area contributed by atoms with Gasteiger partial charge in [-0.05, 0) is 55.4 Å². The van der Waals surface area contributed by atoms with Gasteiger partial charge in [0, 0.05) is 41.3 Å². The number of rotatable bonds is 4. The highest BCUT2D eigenvalue weighted by atomic mass is 35.5. The lowest BCUT2D eigenvalue weighted by molar-refractivity contribution is 0.0643. The number of carbonyl (C=O) groups excluding carboxylic acids is 1. The van der Waals surface area contributed by atoms with Crippen molar-refractivity contribution in [2.45, 2.75) is 44.2 Å². The lowest BCUT2D eigenvalue weighted by atomic mass is 9.91. The smallest absolute Gasteiger partial charge is 0.254 e. The van der Waals surface area contributed by atoms with Crippen molar-refractivity contribution in [1.82, 2.24) is 20.1 Å². The minimum absolute atomic E-state index is 0.0999. The molecule has 1 fully saturated rings. The summed E-state index contributed by atoms with van der Waals surface area (Å²) in [5, 5.41) is 8.22. The van der Waals surface area contributed by atoms with Crippen molar-refractivity contribution in [2.75, 3.05) is 0 Å². The highest BCUT2D eigenvalue weighted by Gasteiger charge is 2.39. The van der Waals surface area contributed by atoms with Crippen LogP contribution in [0.3, 0.4) is 0 Å². The molecule has 0 saturated heterocycles. The number of pyridine rings is 1. The predicted molar refractivity (Wildman–Crippen MR) is 113 cm³/mol. The van der Waals surface area contributed by atoms with Crippen LogP contribution in [-0.2, 0) is 12.8 Å². The molecule has 1 unspecified atom stereocenters. The molecule has 5 nitrogen and oxygen atoms in total. The van der Waals surface area contributed by atoms with E-state index in [0.717, 1.165) is 43.2 Å². The average Bonchev–Trinajstić information content (AvgIpc) is 3.44. The fourth-order valence-electron chi connectivity index (χ4n) is 4.23. The number of aromatic nitrogens is 3. The van der Waals surface area contributed by atoms with Crippen molar-refractivity contribution in [2.24, 2.45) is 0 Å². The van der Waals surface area contributed by atoms with E-state index in [1.54, 1.807) is 12.4 Å². The first-order valence-electron chi connectivity index (χ1n) is 9.85. The van der Waals surface area contributed by atoms with Crippen LogP contribution in [0.15, 0.2) is 42.9 Å². The van der Waals surface area contributed by atoms with Gasteiger partial charge in [-0.15, -0.1) is 0 Å². The molecular formula is C22H20Cl2N4O. The zero-order chi connectivity index (χ0) is 20.0. The molecule has 2 aliphatic carbocycles. The molecule has 0 spiro atoms. The Kier molecular flexibility index (Phi) is 4.80. The van der Waals surface area contributed by atoms with Crippen molar-refractivity contribution in [3.63, 3.8) is 0 Å². The third kappa shape index (κ3) is 3.53. The maximum Gasteiger partial charge on any atom is 0.254 e. The summed E-state index contributed by atoms with van der Waals surface area (Å²) in [6.07, 6.45) is 9.99. The topological polar surface area (TPSA) is 61.9 Å². The SMILES string of the molecule is O=C(c1ccc(-c2c(Cl)cncc2Cl)cc1)N(C1CC1)C1CCc2[nH]ncc2C1. The second-order valence-corrected chi connectivity index (χ2v) is 8.58. The second kappa shape index (κ2) is 7.47. The average molecular weight is 427 g/mol. The van der Waals surface area contributed by atoms with Gasteiger partial charge in [0.15, 0.2) is 0 Å². The molecular weight excluding hydrogens is 407 g/mol. The van der Waals surface area contributed by atoms with Crippen molar-refractivity contribution >= 4 is 29.1 Å². The quantitative estimate of drug-likeness (QED) is 0.642. The highest BCUT2D eigenvalue weighted by Crippen LogP contribution is 2.36. The van der Waals surface area contributed by atoms with Crippen molar-refractivity contribution < 1.29 is 4.79 Å². The Morgan fingerprint density at radius 1 is 1.00 bits per heavy atom.